The molecule has 0 heterocycles. The second kappa shape index (κ2) is 5.63. The second-order valence-corrected chi connectivity index (χ2v) is 3.82. The third-order valence-corrected chi connectivity index (χ3v) is 2.36. The highest BCUT2D eigenvalue weighted by molar-refractivity contribution is 6.32. The molecule has 1 rings (SSSR count). The van der Waals surface area contributed by atoms with Crippen LogP contribution in [-0.4, -0.2) is 30.9 Å². The Balaban J connectivity index is 2.80. The van der Waals surface area contributed by atoms with Crippen LogP contribution in [0.1, 0.15) is 5.56 Å². The maximum absolute atomic E-state index is 13.4. The van der Waals surface area contributed by atoms with Crippen LogP contribution < -0.4 is 0 Å². The number of amides is 1. The lowest BCUT2D eigenvalue weighted by Crippen LogP contribution is -2.33. The Bertz CT molecular complexity index is 450. The quantitative estimate of drug-likeness (QED) is 0.599. The van der Waals surface area contributed by atoms with Gasteiger partial charge in [0.15, 0.2) is 0 Å². The molecule has 0 aliphatic heterocycles. The number of nitrogens with zero attached hydrogens (tertiary/aromatic N) is 1. The lowest BCUT2D eigenvalue weighted by atomic mass is 10.2. The van der Waals surface area contributed by atoms with Gasteiger partial charge in [-0.15, -0.1) is 0 Å². The summed E-state index contributed by atoms with van der Waals surface area (Å²) in [5, 5.41) is 0.361. The monoisotopic (exact) mass is 259 g/mol. The van der Waals surface area contributed by atoms with E-state index in [0.29, 0.717) is 5.02 Å². The van der Waals surface area contributed by atoms with Crippen molar-refractivity contribution in [3.05, 3.63) is 34.6 Å². The standard InChI is InChI=1S/C11H11ClFNO3/c1-14(10(15)11(16)17-2)6-7-5-8(12)3-4-9(7)13/h3-5H,6H2,1-2H3. The predicted molar refractivity (Wildman–Crippen MR) is 59.9 cm³/mol. The second-order valence-electron chi connectivity index (χ2n) is 3.39. The fraction of sp³-hybridized carbons (Fsp3) is 0.273. The Morgan fingerprint density at radius 2 is 2.12 bits per heavy atom. The van der Waals surface area contributed by atoms with Gasteiger partial charge in [0, 0.05) is 24.2 Å². The summed E-state index contributed by atoms with van der Waals surface area (Å²) in [6, 6.07) is 4.01. The highest BCUT2D eigenvalue weighted by atomic mass is 35.5. The van der Waals surface area contributed by atoms with E-state index < -0.39 is 17.7 Å². The van der Waals surface area contributed by atoms with Gasteiger partial charge in [0.2, 0.25) is 0 Å². The maximum Gasteiger partial charge on any atom is 0.396 e. The van der Waals surface area contributed by atoms with Crippen LogP contribution in [0.15, 0.2) is 18.2 Å². The summed E-state index contributed by atoms with van der Waals surface area (Å²) in [5.41, 5.74) is 0.234. The number of methoxy groups -OCH3 is 1. The minimum Gasteiger partial charge on any atom is -0.462 e. The van der Waals surface area contributed by atoms with Crippen molar-refractivity contribution in [1.29, 1.82) is 0 Å². The van der Waals surface area contributed by atoms with Crippen LogP contribution in [0.25, 0.3) is 0 Å². The summed E-state index contributed by atoms with van der Waals surface area (Å²) < 4.78 is 17.6. The minimum atomic E-state index is -0.991. The normalized spacial score (nSPS) is 9.88. The number of carbonyl (C=O) groups excluding carboxylic acids is 2. The van der Waals surface area contributed by atoms with Crippen molar-refractivity contribution >= 4 is 23.5 Å². The van der Waals surface area contributed by atoms with Crippen molar-refractivity contribution in [2.75, 3.05) is 14.2 Å². The Hall–Kier alpha value is -1.62. The van der Waals surface area contributed by atoms with Gasteiger partial charge < -0.3 is 9.64 Å². The Labute approximate surface area is 103 Å². The van der Waals surface area contributed by atoms with Gasteiger partial charge in [0.05, 0.1) is 7.11 Å². The molecule has 0 radical (unpaired) electrons. The van der Waals surface area contributed by atoms with Gasteiger partial charge in [-0.1, -0.05) is 11.6 Å². The summed E-state index contributed by atoms with van der Waals surface area (Å²) in [6.45, 7) is -0.0552. The zero-order chi connectivity index (χ0) is 13.0. The molecule has 0 bridgehead atoms. The van der Waals surface area contributed by atoms with Crippen LogP contribution in [0.3, 0.4) is 0 Å². The molecule has 92 valence electrons. The Morgan fingerprint density at radius 3 is 2.71 bits per heavy atom. The number of esters is 1. The Morgan fingerprint density at radius 1 is 1.47 bits per heavy atom. The van der Waals surface area contributed by atoms with Crippen LogP contribution in [0.2, 0.25) is 5.02 Å². The zero-order valence-corrected chi connectivity index (χ0v) is 10.1. The van der Waals surface area contributed by atoms with Crippen molar-refractivity contribution in [3.8, 4) is 0 Å². The lowest BCUT2D eigenvalue weighted by molar-refractivity contribution is -0.157. The van der Waals surface area contributed by atoms with E-state index in [1.165, 1.54) is 25.2 Å². The van der Waals surface area contributed by atoms with Crippen LogP contribution in [-0.2, 0) is 20.9 Å². The van der Waals surface area contributed by atoms with Crippen molar-refractivity contribution < 1.29 is 18.7 Å². The third kappa shape index (κ3) is 3.42. The fourth-order valence-corrected chi connectivity index (χ4v) is 1.43. The summed E-state index contributed by atoms with van der Waals surface area (Å²) in [6.07, 6.45) is 0. The molecule has 1 amide bonds. The van der Waals surface area contributed by atoms with Crippen molar-refractivity contribution in [3.63, 3.8) is 0 Å². The average molecular weight is 260 g/mol. The Kier molecular flexibility index (Phi) is 4.45. The van der Waals surface area contributed by atoms with Crippen LogP contribution in [0.4, 0.5) is 4.39 Å². The first kappa shape index (κ1) is 13.4. The molecule has 4 nitrogen and oxygen atoms in total. The van der Waals surface area contributed by atoms with Crippen LogP contribution in [0, 0.1) is 5.82 Å². The minimum absolute atomic E-state index is 0.0552. The van der Waals surface area contributed by atoms with Crippen LogP contribution in [0.5, 0.6) is 0 Å². The molecule has 0 aliphatic carbocycles. The first-order valence-corrected chi connectivity index (χ1v) is 5.11. The summed E-state index contributed by atoms with van der Waals surface area (Å²) >= 11 is 5.71. The van der Waals surface area contributed by atoms with Crippen molar-refractivity contribution in [1.82, 2.24) is 4.90 Å². The molecule has 0 spiro atoms. The number of rotatable bonds is 2. The van der Waals surface area contributed by atoms with Gasteiger partial charge in [-0.2, -0.15) is 0 Å². The summed E-state index contributed by atoms with van der Waals surface area (Å²) in [7, 11) is 2.48. The predicted octanol–water partition coefficient (Wildman–Crippen LogP) is 1.61. The average Bonchev–Trinajstić information content (AvgIpc) is 2.31. The van der Waals surface area contributed by atoms with Crippen molar-refractivity contribution in [2.45, 2.75) is 6.54 Å². The molecule has 0 atom stereocenters. The SMILES string of the molecule is COC(=O)C(=O)N(C)Cc1cc(Cl)ccc1F. The molecule has 0 fully saturated rings. The van der Waals surface area contributed by atoms with E-state index in [0.717, 1.165) is 12.0 Å². The zero-order valence-electron chi connectivity index (χ0n) is 9.37. The van der Waals surface area contributed by atoms with E-state index >= 15 is 0 Å². The molecule has 0 saturated carbocycles. The molecule has 17 heavy (non-hydrogen) atoms. The van der Waals surface area contributed by atoms with Crippen molar-refractivity contribution in [2.24, 2.45) is 0 Å². The van der Waals surface area contributed by atoms with Gasteiger partial charge in [0.25, 0.3) is 0 Å². The van der Waals surface area contributed by atoms with Gasteiger partial charge in [-0.3, -0.25) is 4.79 Å². The fourth-order valence-electron chi connectivity index (χ4n) is 1.23. The lowest BCUT2D eigenvalue weighted by Gasteiger charge is -2.16. The number of benzene rings is 1. The molecule has 0 N–H and O–H groups in total. The number of carbonyl (C=O) groups is 2. The number of ether oxygens (including phenoxy) is 1. The highest BCUT2D eigenvalue weighted by Gasteiger charge is 2.20. The van der Waals surface area contributed by atoms with Gasteiger partial charge >= 0.3 is 11.9 Å². The maximum atomic E-state index is 13.4. The molecule has 0 aromatic heterocycles. The molecule has 1 aromatic carbocycles. The number of likely N-dealkylation sites (N-methyl/N-ethyl adjacent to an activating group) is 1. The summed E-state index contributed by atoms with van der Waals surface area (Å²) in [5.74, 6) is -2.32. The largest absolute Gasteiger partial charge is 0.462 e. The number of halogens is 2. The van der Waals surface area contributed by atoms with E-state index in [1.807, 2.05) is 0 Å². The third-order valence-electron chi connectivity index (χ3n) is 2.12. The first-order chi connectivity index (χ1) is 7.95. The number of hydrogen-bond acceptors (Lipinski definition) is 3. The van der Waals surface area contributed by atoms with Gasteiger partial charge in [-0.25, -0.2) is 9.18 Å². The molecular formula is C11H11ClFNO3. The molecule has 0 aliphatic rings. The molecule has 0 saturated heterocycles. The topological polar surface area (TPSA) is 46.6 Å². The molecular weight excluding hydrogens is 249 g/mol. The van der Waals surface area contributed by atoms with Crippen LogP contribution >= 0.6 is 11.6 Å². The van der Waals surface area contributed by atoms with E-state index in [1.54, 1.807) is 0 Å². The first-order valence-electron chi connectivity index (χ1n) is 4.73. The smallest absolute Gasteiger partial charge is 0.396 e. The molecule has 0 unspecified atom stereocenters. The molecule has 6 heteroatoms. The van der Waals surface area contributed by atoms with Gasteiger partial charge in [0.1, 0.15) is 5.82 Å². The van der Waals surface area contributed by atoms with E-state index in [-0.39, 0.29) is 12.1 Å². The highest BCUT2D eigenvalue weighted by Crippen LogP contribution is 2.16. The van der Waals surface area contributed by atoms with Gasteiger partial charge in [-0.05, 0) is 18.2 Å². The van der Waals surface area contributed by atoms with E-state index in [9.17, 15) is 14.0 Å². The number of hydrogen-bond donors (Lipinski definition) is 0. The van der Waals surface area contributed by atoms with E-state index in [4.69, 9.17) is 11.6 Å². The van der Waals surface area contributed by atoms with E-state index in [2.05, 4.69) is 4.74 Å². The summed E-state index contributed by atoms with van der Waals surface area (Å²) in [4.78, 5) is 23.4. The molecule has 1 aromatic rings.